The summed E-state index contributed by atoms with van der Waals surface area (Å²) in [6.07, 6.45) is 0.956. The lowest BCUT2D eigenvalue weighted by Crippen LogP contribution is -2.15. The van der Waals surface area contributed by atoms with E-state index in [9.17, 15) is 0 Å². The van der Waals surface area contributed by atoms with Crippen molar-refractivity contribution in [3.05, 3.63) is 39.8 Å². The van der Waals surface area contributed by atoms with E-state index >= 15 is 0 Å². The van der Waals surface area contributed by atoms with Gasteiger partial charge in [-0.25, -0.2) is 9.97 Å². The van der Waals surface area contributed by atoms with Crippen LogP contribution in [-0.4, -0.2) is 21.5 Å². The Bertz CT molecular complexity index is 537. The van der Waals surface area contributed by atoms with Crippen LogP contribution in [0.1, 0.15) is 16.3 Å². The number of nitrogens with two attached hydrogens (primary N) is 1. The van der Waals surface area contributed by atoms with Gasteiger partial charge in [-0.2, -0.15) is 0 Å². The van der Waals surface area contributed by atoms with Gasteiger partial charge in [0.05, 0.1) is 0 Å². The summed E-state index contributed by atoms with van der Waals surface area (Å²) in [6, 6.07) is 5.95. The van der Waals surface area contributed by atoms with E-state index < -0.39 is 0 Å². The molecule has 2 aromatic rings. The van der Waals surface area contributed by atoms with Crippen LogP contribution in [0.25, 0.3) is 0 Å². The molecule has 0 bridgehead atoms. The number of nitrogens with one attached hydrogen (secondary N) is 1. The molecule has 0 saturated carbocycles. The summed E-state index contributed by atoms with van der Waals surface area (Å²) in [5.41, 5.74) is 7.03. The number of aromatic nitrogens is 2. The molecular weight excluding hydrogens is 264 g/mol. The first-order chi connectivity index (χ1) is 8.65. The van der Waals surface area contributed by atoms with Gasteiger partial charge in [0, 0.05) is 17.1 Å². The molecule has 2 heterocycles. The van der Waals surface area contributed by atoms with Crippen LogP contribution in [0.5, 0.6) is 0 Å². The molecule has 0 atom stereocenters. The van der Waals surface area contributed by atoms with Crippen molar-refractivity contribution < 1.29 is 0 Å². The van der Waals surface area contributed by atoms with E-state index in [1.807, 2.05) is 13.0 Å². The van der Waals surface area contributed by atoms with Crippen molar-refractivity contribution >= 4 is 34.5 Å². The average molecular weight is 278 g/mol. The number of thiocarbonyl (C=S) groups is 1. The maximum Gasteiger partial charge on any atom is 0.223 e. The number of thiophene rings is 1. The van der Waals surface area contributed by atoms with Crippen LogP contribution in [0, 0.1) is 6.92 Å². The number of anilines is 1. The zero-order chi connectivity index (χ0) is 13.0. The smallest absolute Gasteiger partial charge is 0.223 e. The number of rotatable bonds is 5. The van der Waals surface area contributed by atoms with Crippen molar-refractivity contribution in [2.45, 2.75) is 13.3 Å². The Morgan fingerprint density at radius 2 is 2.33 bits per heavy atom. The highest BCUT2D eigenvalue weighted by atomic mass is 32.1. The summed E-state index contributed by atoms with van der Waals surface area (Å²) in [7, 11) is 0. The summed E-state index contributed by atoms with van der Waals surface area (Å²) < 4.78 is 0. The van der Waals surface area contributed by atoms with E-state index in [0.29, 0.717) is 16.6 Å². The third-order valence-electron chi connectivity index (χ3n) is 2.34. The highest BCUT2D eigenvalue weighted by molar-refractivity contribution is 7.80. The van der Waals surface area contributed by atoms with Crippen LogP contribution < -0.4 is 11.1 Å². The van der Waals surface area contributed by atoms with Crippen molar-refractivity contribution in [2.75, 3.05) is 11.9 Å². The molecule has 0 aromatic carbocycles. The van der Waals surface area contributed by atoms with Crippen molar-refractivity contribution in [3.63, 3.8) is 0 Å². The molecule has 2 aromatic heterocycles. The van der Waals surface area contributed by atoms with Crippen LogP contribution in [0.4, 0.5) is 5.95 Å². The Labute approximate surface area is 115 Å². The quantitative estimate of drug-likeness (QED) is 0.820. The SMILES string of the molecule is Cc1cc(C(N)=S)nc(NCCc2cccs2)n1. The molecule has 18 heavy (non-hydrogen) atoms. The van der Waals surface area contributed by atoms with Crippen LogP contribution in [-0.2, 0) is 6.42 Å². The van der Waals surface area contributed by atoms with E-state index in [4.69, 9.17) is 18.0 Å². The van der Waals surface area contributed by atoms with E-state index in [-0.39, 0.29) is 0 Å². The molecule has 0 aliphatic carbocycles. The molecule has 0 aliphatic rings. The minimum Gasteiger partial charge on any atom is -0.388 e. The molecule has 2 rings (SSSR count). The second-order valence-corrected chi connectivity index (χ2v) is 5.31. The molecule has 0 radical (unpaired) electrons. The zero-order valence-electron chi connectivity index (χ0n) is 10.0. The fraction of sp³-hybridized carbons (Fsp3) is 0.250. The highest BCUT2D eigenvalue weighted by Crippen LogP contribution is 2.10. The second-order valence-electron chi connectivity index (χ2n) is 3.84. The Morgan fingerprint density at radius 3 is 3.00 bits per heavy atom. The molecule has 0 unspecified atom stereocenters. The minimum absolute atomic E-state index is 0.293. The summed E-state index contributed by atoms with van der Waals surface area (Å²) in [4.78, 5) is 10.2. The first-order valence-corrected chi connectivity index (χ1v) is 6.85. The average Bonchev–Trinajstić information content (AvgIpc) is 2.81. The van der Waals surface area contributed by atoms with E-state index in [1.165, 1.54) is 4.88 Å². The normalized spacial score (nSPS) is 10.3. The van der Waals surface area contributed by atoms with Crippen molar-refractivity contribution in [3.8, 4) is 0 Å². The summed E-state index contributed by atoms with van der Waals surface area (Å²) >= 11 is 6.67. The third kappa shape index (κ3) is 3.48. The Morgan fingerprint density at radius 1 is 1.50 bits per heavy atom. The maximum absolute atomic E-state index is 5.57. The van der Waals surface area contributed by atoms with Gasteiger partial charge in [0.1, 0.15) is 10.7 Å². The molecule has 0 aliphatic heterocycles. The van der Waals surface area contributed by atoms with Crippen LogP contribution in [0.2, 0.25) is 0 Å². The van der Waals surface area contributed by atoms with Crippen molar-refractivity contribution in [2.24, 2.45) is 5.73 Å². The van der Waals surface area contributed by atoms with Gasteiger partial charge in [0.2, 0.25) is 5.95 Å². The third-order valence-corrected chi connectivity index (χ3v) is 3.49. The van der Waals surface area contributed by atoms with Crippen molar-refractivity contribution in [1.82, 2.24) is 9.97 Å². The van der Waals surface area contributed by atoms with Gasteiger partial charge in [-0.15, -0.1) is 11.3 Å². The highest BCUT2D eigenvalue weighted by Gasteiger charge is 2.04. The number of nitrogens with zero attached hydrogens (tertiary/aromatic N) is 2. The molecule has 6 heteroatoms. The monoisotopic (exact) mass is 278 g/mol. The lowest BCUT2D eigenvalue weighted by molar-refractivity contribution is 0.985. The number of aryl methyl sites for hydroxylation is 1. The minimum atomic E-state index is 0.293. The fourth-order valence-corrected chi connectivity index (χ4v) is 2.34. The van der Waals surface area contributed by atoms with Gasteiger partial charge < -0.3 is 11.1 Å². The van der Waals surface area contributed by atoms with Gasteiger partial charge in [-0.3, -0.25) is 0 Å². The number of hydrogen-bond donors (Lipinski definition) is 2. The zero-order valence-corrected chi connectivity index (χ0v) is 11.6. The molecule has 0 saturated heterocycles. The molecule has 0 fully saturated rings. The number of hydrogen-bond acceptors (Lipinski definition) is 5. The topological polar surface area (TPSA) is 63.8 Å². The standard InChI is InChI=1S/C12H14N4S2/c1-8-7-10(11(13)17)16-12(15-8)14-5-4-9-3-2-6-18-9/h2-3,6-7H,4-5H2,1H3,(H2,13,17)(H,14,15,16). The summed E-state index contributed by atoms with van der Waals surface area (Å²) in [5.74, 6) is 0.578. The Kier molecular flexibility index (Phi) is 4.22. The first-order valence-electron chi connectivity index (χ1n) is 5.57. The van der Waals surface area contributed by atoms with Crippen molar-refractivity contribution in [1.29, 1.82) is 0 Å². The van der Waals surface area contributed by atoms with Crippen LogP contribution in [0.15, 0.2) is 23.6 Å². The van der Waals surface area contributed by atoms with Gasteiger partial charge >= 0.3 is 0 Å². The van der Waals surface area contributed by atoms with Gasteiger partial charge in [-0.1, -0.05) is 18.3 Å². The van der Waals surface area contributed by atoms with Gasteiger partial charge in [0.25, 0.3) is 0 Å². The summed E-state index contributed by atoms with van der Waals surface area (Å²) in [6.45, 7) is 2.69. The largest absolute Gasteiger partial charge is 0.388 e. The fourth-order valence-electron chi connectivity index (χ4n) is 1.53. The van der Waals surface area contributed by atoms with Gasteiger partial charge in [-0.05, 0) is 30.9 Å². The van der Waals surface area contributed by atoms with E-state index in [0.717, 1.165) is 18.7 Å². The van der Waals surface area contributed by atoms with E-state index in [1.54, 1.807) is 17.4 Å². The first kappa shape index (κ1) is 12.9. The predicted octanol–water partition coefficient (Wildman–Crippen LogP) is 2.14. The lowest BCUT2D eigenvalue weighted by atomic mass is 10.3. The Balaban J connectivity index is 1.98. The predicted molar refractivity (Wildman–Crippen MR) is 79.2 cm³/mol. The van der Waals surface area contributed by atoms with Crippen LogP contribution >= 0.6 is 23.6 Å². The maximum atomic E-state index is 5.57. The molecule has 3 N–H and O–H groups in total. The molecule has 0 spiro atoms. The molecule has 0 amide bonds. The van der Waals surface area contributed by atoms with Gasteiger partial charge in [0.15, 0.2) is 0 Å². The van der Waals surface area contributed by atoms with Crippen LogP contribution in [0.3, 0.4) is 0 Å². The van der Waals surface area contributed by atoms with E-state index in [2.05, 4.69) is 26.7 Å². The molecule has 94 valence electrons. The molecule has 4 nitrogen and oxygen atoms in total. The Hall–Kier alpha value is -1.53. The molecular formula is C12H14N4S2. The second kappa shape index (κ2) is 5.88. The summed E-state index contributed by atoms with van der Waals surface area (Å²) in [5, 5.41) is 5.26. The lowest BCUT2D eigenvalue weighted by Gasteiger charge is -2.06.